The van der Waals surface area contributed by atoms with E-state index < -0.39 is 6.10 Å². The van der Waals surface area contributed by atoms with Gasteiger partial charge in [0.2, 0.25) is 0 Å². The van der Waals surface area contributed by atoms with E-state index in [4.69, 9.17) is 9.47 Å². The maximum Gasteiger partial charge on any atom is 0.265 e. The lowest BCUT2D eigenvalue weighted by Crippen LogP contribution is -2.30. The Morgan fingerprint density at radius 3 is 2.50 bits per heavy atom. The highest BCUT2D eigenvalue weighted by atomic mass is 16.5. The first-order valence-corrected chi connectivity index (χ1v) is 8.31. The molecule has 0 saturated heterocycles. The summed E-state index contributed by atoms with van der Waals surface area (Å²) in [5, 5.41) is 2.87. The Bertz CT molecular complexity index is 682. The van der Waals surface area contributed by atoms with Crippen LogP contribution >= 0.6 is 0 Å². The molecule has 0 bridgehead atoms. The standard InChI is InChI=1S/C20H25NO3/c1-5-16-9-6-7-12-19(16)24-15(4)20(22)21-17-10-8-11-18(13-17)23-14(2)3/h6-15H,5H2,1-4H3,(H,21,22). The fourth-order valence-corrected chi connectivity index (χ4v) is 2.32. The first kappa shape index (κ1) is 17.9. The number of aryl methyl sites for hydroxylation is 1. The second-order valence-electron chi connectivity index (χ2n) is 5.91. The molecule has 0 saturated carbocycles. The number of para-hydroxylation sites is 1. The second-order valence-corrected chi connectivity index (χ2v) is 5.91. The lowest BCUT2D eigenvalue weighted by Gasteiger charge is -2.17. The Hall–Kier alpha value is -2.49. The van der Waals surface area contributed by atoms with Crippen molar-refractivity contribution in [1.29, 1.82) is 0 Å². The smallest absolute Gasteiger partial charge is 0.265 e. The highest BCUT2D eigenvalue weighted by Gasteiger charge is 2.16. The van der Waals surface area contributed by atoms with Crippen molar-refractivity contribution in [2.75, 3.05) is 5.32 Å². The molecule has 2 rings (SSSR count). The van der Waals surface area contributed by atoms with Crippen LogP contribution in [0.25, 0.3) is 0 Å². The van der Waals surface area contributed by atoms with Gasteiger partial charge in [-0.1, -0.05) is 31.2 Å². The molecule has 1 amide bonds. The SMILES string of the molecule is CCc1ccccc1OC(C)C(=O)Nc1cccc(OC(C)C)c1. The largest absolute Gasteiger partial charge is 0.491 e. The Morgan fingerprint density at radius 2 is 1.79 bits per heavy atom. The molecule has 0 aromatic heterocycles. The molecule has 0 radical (unpaired) electrons. The van der Waals surface area contributed by atoms with E-state index in [-0.39, 0.29) is 12.0 Å². The summed E-state index contributed by atoms with van der Waals surface area (Å²) in [5.74, 6) is 1.29. The molecule has 0 heterocycles. The number of rotatable bonds is 7. The summed E-state index contributed by atoms with van der Waals surface area (Å²) < 4.78 is 11.5. The Kier molecular flexibility index (Phi) is 6.24. The monoisotopic (exact) mass is 327 g/mol. The van der Waals surface area contributed by atoms with Gasteiger partial charge in [-0.05, 0) is 51.0 Å². The number of amides is 1. The van der Waals surface area contributed by atoms with E-state index in [0.29, 0.717) is 5.69 Å². The van der Waals surface area contributed by atoms with Gasteiger partial charge in [0.1, 0.15) is 11.5 Å². The third-order valence-electron chi connectivity index (χ3n) is 3.50. The molecule has 0 aliphatic heterocycles. The van der Waals surface area contributed by atoms with Crippen LogP contribution < -0.4 is 14.8 Å². The van der Waals surface area contributed by atoms with Crippen LogP contribution in [0.5, 0.6) is 11.5 Å². The van der Waals surface area contributed by atoms with Crippen LogP contribution in [0.2, 0.25) is 0 Å². The summed E-state index contributed by atoms with van der Waals surface area (Å²) in [4.78, 5) is 12.4. The van der Waals surface area contributed by atoms with E-state index in [0.717, 1.165) is 23.5 Å². The van der Waals surface area contributed by atoms with Crippen LogP contribution in [0.15, 0.2) is 48.5 Å². The number of carbonyl (C=O) groups excluding carboxylic acids is 1. The lowest BCUT2D eigenvalue weighted by molar-refractivity contribution is -0.122. The normalized spacial score (nSPS) is 11.9. The first-order valence-electron chi connectivity index (χ1n) is 8.31. The van der Waals surface area contributed by atoms with Gasteiger partial charge in [0, 0.05) is 11.8 Å². The quantitative estimate of drug-likeness (QED) is 0.817. The molecule has 2 aromatic rings. The number of benzene rings is 2. The molecule has 24 heavy (non-hydrogen) atoms. The molecule has 0 fully saturated rings. The highest BCUT2D eigenvalue weighted by Crippen LogP contribution is 2.21. The zero-order valence-electron chi connectivity index (χ0n) is 14.7. The zero-order valence-corrected chi connectivity index (χ0v) is 14.7. The van der Waals surface area contributed by atoms with E-state index in [1.54, 1.807) is 6.92 Å². The molecule has 2 aromatic carbocycles. The minimum Gasteiger partial charge on any atom is -0.491 e. The predicted molar refractivity (Wildman–Crippen MR) is 96.7 cm³/mol. The number of hydrogen-bond acceptors (Lipinski definition) is 3. The third kappa shape index (κ3) is 5.01. The van der Waals surface area contributed by atoms with Crippen molar-refractivity contribution in [3.05, 3.63) is 54.1 Å². The average Bonchev–Trinajstić information content (AvgIpc) is 2.55. The van der Waals surface area contributed by atoms with Crippen molar-refractivity contribution in [1.82, 2.24) is 0 Å². The average molecular weight is 327 g/mol. The molecule has 0 spiro atoms. The Labute approximate surface area is 143 Å². The van der Waals surface area contributed by atoms with Gasteiger partial charge in [-0.3, -0.25) is 4.79 Å². The second kappa shape index (κ2) is 8.39. The van der Waals surface area contributed by atoms with Crippen LogP contribution in [0.3, 0.4) is 0 Å². The molecule has 4 heteroatoms. The van der Waals surface area contributed by atoms with Gasteiger partial charge in [0.25, 0.3) is 5.91 Å². The number of hydrogen-bond donors (Lipinski definition) is 1. The molecule has 128 valence electrons. The van der Waals surface area contributed by atoms with Gasteiger partial charge in [-0.2, -0.15) is 0 Å². The van der Waals surface area contributed by atoms with Crippen LogP contribution in [-0.2, 0) is 11.2 Å². The van der Waals surface area contributed by atoms with E-state index in [2.05, 4.69) is 12.2 Å². The van der Waals surface area contributed by atoms with Crippen molar-refractivity contribution in [3.8, 4) is 11.5 Å². The van der Waals surface area contributed by atoms with E-state index in [1.165, 1.54) is 0 Å². The molecule has 1 atom stereocenters. The summed E-state index contributed by atoms with van der Waals surface area (Å²) >= 11 is 0. The molecule has 1 unspecified atom stereocenters. The van der Waals surface area contributed by atoms with Crippen molar-refractivity contribution in [3.63, 3.8) is 0 Å². The Balaban J connectivity index is 2.01. The van der Waals surface area contributed by atoms with Gasteiger partial charge >= 0.3 is 0 Å². The predicted octanol–water partition coefficient (Wildman–Crippen LogP) is 4.44. The van der Waals surface area contributed by atoms with Crippen molar-refractivity contribution in [2.24, 2.45) is 0 Å². The summed E-state index contributed by atoms with van der Waals surface area (Å²) in [6.45, 7) is 7.74. The lowest BCUT2D eigenvalue weighted by atomic mass is 10.1. The van der Waals surface area contributed by atoms with E-state index in [9.17, 15) is 4.79 Å². The van der Waals surface area contributed by atoms with Crippen LogP contribution in [0, 0.1) is 0 Å². The van der Waals surface area contributed by atoms with Gasteiger partial charge in [0.15, 0.2) is 6.10 Å². The van der Waals surface area contributed by atoms with Crippen molar-refractivity contribution >= 4 is 11.6 Å². The molecule has 4 nitrogen and oxygen atoms in total. The topological polar surface area (TPSA) is 47.6 Å². The minimum absolute atomic E-state index is 0.0868. The molecule has 0 aliphatic carbocycles. The summed E-state index contributed by atoms with van der Waals surface area (Å²) in [6, 6.07) is 15.1. The maximum atomic E-state index is 12.4. The van der Waals surface area contributed by atoms with Crippen molar-refractivity contribution in [2.45, 2.75) is 46.3 Å². The number of anilines is 1. The maximum absolute atomic E-state index is 12.4. The Morgan fingerprint density at radius 1 is 1.04 bits per heavy atom. The molecule has 0 aliphatic rings. The number of carbonyl (C=O) groups is 1. The zero-order chi connectivity index (χ0) is 17.5. The summed E-state index contributed by atoms with van der Waals surface area (Å²) in [6.07, 6.45) is 0.357. The van der Waals surface area contributed by atoms with Gasteiger partial charge in [-0.15, -0.1) is 0 Å². The first-order chi connectivity index (χ1) is 11.5. The number of ether oxygens (including phenoxy) is 2. The van der Waals surface area contributed by atoms with Crippen LogP contribution in [0.1, 0.15) is 33.3 Å². The highest BCUT2D eigenvalue weighted by molar-refractivity contribution is 5.94. The van der Waals surface area contributed by atoms with Gasteiger partial charge in [0.05, 0.1) is 6.10 Å². The summed E-state index contributed by atoms with van der Waals surface area (Å²) in [7, 11) is 0. The van der Waals surface area contributed by atoms with Crippen LogP contribution in [-0.4, -0.2) is 18.1 Å². The fraction of sp³-hybridized carbons (Fsp3) is 0.350. The third-order valence-corrected chi connectivity index (χ3v) is 3.50. The van der Waals surface area contributed by atoms with Gasteiger partial charge in [-0.25, -0.2) is 0 Å². The number of nitrogens with one attached hydrogen (secondary N) is 1. The molecular weight excluding hydrogens is 302 g/mol. The van der Waals surface area contributed by atoms with E-state index >= 15 is 0 Å². The summed E-state index contributed by atoms with van der Waals surface area (Å²) in [5.41, 5.74) is 1.78. The van der Waals surface area contributed by atoms with Crippen molar-refractivity contribution < 1.29 is 14.3 Å². The van der Waals surface area contributed by atoms with E-state index in [1.807, 2.05) is 62.4 Å². The molecule has 1 N–H and O–H groups in total. The van der Waals surface area contributed by atoms with Gasteiger partial charge < -0.3 is 14.8 Å². The minimum atomic E-state index is -0.590. The molecular formula is C20H25NO3. The van der Waals surface area contributed by atoms with Crippen LogP contribution in [0.4, 0.5) is 5.69 Å². The fourth-order valence-electron chi connectivity index (χ4n) is 2.32.